The molecular formula is C12H16N2O. The van der Waals surface area contributed by atoms with Crippen molar-refractivity contribution in [2.75, 3.05) is 6.54 Å². The highest BCUT2D eigenvalue weighted by Crippen LogP contribution is 2.69. The van der Waals surface area contributed by atoms with Crippen molar-refractivity contribution >= 4 is 5.91 Å². The summed E-state index contributed by atoms with van der Waals surface area (Å²) in [6, 6.07) is 2.05. The molecule has 0 saturated heterocycles. The number of nitrogens with zero attached hydrogens (tertiary/aromatic N) is 1. The van der Waals surface area contributed by atoms with Gasteiger partial charge in [0.05, 0.1) is 12.5 Å². The minimum absolute atomic E-state index is 0.219. The van der Waals surface area contributed by atoms with Crippen molar-refractivity contribution < 1.29 is 4.79 Å². The van der Waals surface area contributed by atoms with Crippen molar-refractivity contribution in [3.05, 3.63) is 0 Å². The first-order chi connectivity index (χ1) is 7.33. The Labute approximate surface area is 89.8 Å². The molecule has 3 fully saturated rings. The van der Waals surface area contributed by atoms with Crippen LogP contribution in [0.3, 0.4) is 0 Å². The van der Waals surface area contributed by atoms with E-state index >= 15 is 0 Å². The van der Waals surface area contributed by atoms with Crippen LogP contribution in [0.4, 0.5) is 0 Å². The molecule has 3 saturated carbocycles. The fourth-order valence-electron chi connectivity index (χ4n) is 4.04. The molecule has 3 rings (SSSR count). The first-order valence-electron chi connectivity index (χ1n) is 5.97. The molecule has 3 heteroatoms. The fraction of sp³-hybridized carbons (Fsp3) is 0.833. The Balaban J connectivity index is 1.54. The topological polar surface area (TPSA) is 52.9 Å². The van der Waals surface area contributed by atoms with E-state index in [1.807, 2.05) is 6.07 Å². The highest BCUT2D eigenvalue weighted by molar-refractivity contribution is 5.82. The summed E-state index contributed by atoms with van der Waals surface area (Å²) in [7, 11) is 0. The molecule has 0 heterocycles. The standard InChI is InChI=1S/C12H16N2O/c13-4-1-5-14-12(15)11-9-7-2-3-8(6-7)10(9)11/h7-11H,1-3,5-6H2,(H,14,15). The Bertz CT molecular complexity index is 317. The van der Waals surface area contributed by atoms with Crippen LogP contribution in [-0.2, 0) is 4.79 Å². The molecule has 1 amide bonds. The summed E-state index contributed by atoms with van der Waals surface area (Å²) in [4.78, 5) is 11.8. The maximum Gasteiger partial charge on any atom is 0.223 e. The van der Waals surface area contributed by atoms with Crippen LogP contribution in [0.15, 0.2) is 0 Å². The van der Waals surface area contributed by atoms with Crippen LogP contribution in [0.5, 0.6) is 0 Å². The van der Waals surface area contributed by atoms with Crippen molar-refractivity contribution in [3.63, 3.8) is 0 Å². The Kier molecular flexibility index (Phi) is 1.98. The zero-order chi connectivity index (χ0) is 10.4. The SMILES string of the molecule is N#CCCNC(=O)C1C2C3CCC(C3)C12. The molecule has 0 spiro atoms. The molecule has 0 aromatic carbocycles. The highest BCUT2D eigenvalue weighted by atomic mass is 16.2. The summed E-state index contributed by atoms with van der Waals surface area (Å²) in [5.74, 6) is 3.67. The van der Waals surface area contributed by atoms with Gasteiger partial charge in [-0.15, -0.1) is 0 Å². The van der Waals surface area contributed by atoms with E-state index in [1.165, 1.54) is 19.3 Å². The number of fused-ring (bicyclic) bond motifs is 5. The predicted molar refractivity (Wildman–Crippen MR) is 54.5 cm³/mol. The summed E-state index contributed by atoms with van der Waals surface area (Å²) in [5, 5.41) is 11.3. The molecule has 15 heavy (non-hydrogen) atoms. The summed E-state index contributed by atoms with van der Waals surface area (Å²) < 4.78 is 0. The van der Waals surface area contributed by atoms with E-state index in [9.17, 15) is 4.79 Å². The van der Waals surface area contributed by atoms with E-state index in [0.29, 0.717) is 30.7 Å². The van der Waals surface area contributed by atoms with Crippen molar-refractivity contribution in [1.82, 2.24) is 5.32 Å². The lowest BCUT2D eigenvalue weighted by molar-refractivity contribution is -0.123. The van der Waals surface area contributed by atoms with Crippen LogP contribution in [0.1, 0.15) is 25.7 Å². The molecule has 2 bridgehead atoms. The second-order valence-corrected chi connectivity index (χ2v) is 5.21. The third kappa shape index (κ3) is 1.27. The lowest BCUT2D eigenvalue weighted by atomic mass is 10.0. The zero-order valence-electron chi connectivity index (χ0n) is 8.78. The van der Waals surface area contributed by atoms with Crippen LogP contribution in [0, 0.1) is 40.9 Å². The van der Waals surface area contributed by atoms with Crippen molar-refractivity contribution in [1.29, 1.82) is 5.26 Å². The molecule has 0 radical (unpaired) electrons. The Morgan fingerprint density at radius 2 is 2.00 bits per heavy atom. The van der Waals surface area contributed by atoms with Crippen LogP contribution >= 0.6 is 0 Å². The number of carbonyl (C=O) groups excluding carboxylic acids is 1. The molecule has 0 aromatic rings. The maximum absolute atomic E-state index is 11.8. The second-order valence-electron chi connectivity index (χ2n) is 5.21. The van der Waals surface area contributed by atoms with Crippen LogP contribution in [0.25, 0.3) is 0 Å². The van der Waals surface area contributed by atoms with E-state index in [-0.39, 0.29) is 5.91 Å². The molecule has 3 aliphatic carbocycles. The minimum atomic E-state index is 0.219. The van der Waals surface area contributed by atoms with Gasteiger partial charge in [-0.25, -0.2) is 0 Å². The van der Waals surface area contributed by atoms with Crippen LogP contribution in [0.2, 0.25) is 0 Å². The summed E-state index contributed by atoms with van der Waals surface area (Å²) >= 11 is 0. The van der Waals surface area contributed by atoms with Crippen molar-refractivity contribution in [2.45, 2.75) is 25.7 Å². The number of nitriles is 1. The van der Waals surface area contributed by atoms with Crippen molar-refractivity contribution in [3.8, 4) is 6.07 Å². The van der Waals surface area contributed by atoms with Gasteiger partial charge in [0.2, 0.25) is 5.91 Å². The van der Waals surface area contributed by atoms with Crippen LogP contribution in [-0.4, -0.2) is 12.5 Å². The van der Waals surface area contributed by atoms with Gasteiger partial charge in [0, 0.05) is 12.5 Å². The fourth-order valence-corrected chi connectivity index (χ4v) is 4.04. The van der Waals surface area contributed by atoms with Crippen molar-refractivity contribution in [2.24, 2.45) is 29.6 Å². The summed E-state index contributed by atoms with van der Waals surface area (Å²) in [6.45, 7) is 0.528. The molecule has 4 unspecified atom stereocenters. The van der Waals surface area contributed by atoms with Gasteiger partial charge in [0.1, 0.15) is 0 Å². The number of nitrogens with one attached hydrogen (secondary N) is 1. The van der Waals surface area contributed by atoms with Gasteiger partial charge < -0.3 is 5.32 Å². The average molecular weight is 204 g/mol. The Morgan fingerprint density at radius 1 is 1.33 bits per heavy atom. The molecule has 80 valence electrons. The molecule has 1 N–H and O–H groups in total. The monoisotopic (exact) mass is 204 g/mol. The van der Waals surface area contributed by atoms with Gasteiger partial charge in [-0.05, 0) is 42.9 Å². The van der Waals surface area contributed by atoms with E-state index in [4.69, 9.17) is 5.26 Å². The number of hydrogen-bond acceptors (Lipinski definition) is 2. The third-order valence-corrected chi connectivity index (χ3v) is 4.57. The van der Waals surface area contributed by atoms with Gasteiger partial charge >= 0.3 is 0 Å². The number of rotatable bonds is 3. The molecule has 3 nitrogen and oxygen atoms in total. The smallest absolute Gasteiger partial charge is 0.223 e. The number of carbonyl (C=O) groups is 1. The van der Waals surface area contributed by atoms with E-state index in [2.05, 4.69) is 5.32 Å². The molecule has 3 aliphatic rings. The molecule has 0 aromatic heterocycles. The minimum Gasteiger partial charge on any atom is -0.355 e. The lowest BCUT2D eigenvalue weighted by Gasteiger charge is -2.08. The molecule has 4 atom stereocenters. The van der Waals surface area contributed by atoms with Gasteiger partial charge in [-0.2, -0.15) is 5.26 Å². The van der Waals surface area contributed by atoms with E-state index in [1.54, 1.807) is 0 Å². The first-order valence-corrected chi connectivity index (χ1v) is 5.97. The number of amides is 1. The molecule has 0 aliphatic heterocycles. The average Bonchev–Trinajstić information content (AvgIpc) is 2.68. The van der Waals surface area contributed by atoms with E-state index < -0.39 is 0 Å². The third-order valence-electron chi connectivity index (χ3n) is 4.57. The largest absolute Gasteiger partial charge is 0.355 e. The Hall–Kier alpha value is -1.04. The lowest BCUT2D eigenvalue weighted by Crippen LogP contribution is -2.28. The maximum atomic E-state index is 11.8. The first kappa shape index (κ1) is 9.21. The molecular weight excluding hydrogens is 188 g/mol. The van der Waals surface area contributed by atoms with Gasteiger partial charge in [0.25, 0.3) is 0 Å². The predicted octanol–water partition coefficient (Wildman–Crippen LogP) is 1.31. The Morgan fingerprint density at radius 3 is 2.60 bits per heavy atom. The van der Waals surface area contributed by atoms with Gasteiger partial charge in [0.15, 0.2) is 0 Å². The zero-order valence-corrected chi connectivity index (χ0v) is 8.78. The van der Waals surface area contributed by atoms with E-state index in [0.717, 1.165) is 11.8 Å². The summed E-state index contributed by atoms with van der Waals surface area (Å²) in [6.07, 6.45) is 4.53. The summed E-state index contributed by atoms with van der Waals surface area (Å²) in [5.41, 5.74) is 0. The van der Waals surface area contributed by atoms with Gasteiger partial charge in [-0.1, -0.05) is 0 Å². The quantitative estimate of drug-likeness (QED) is 0.705. The van der Waals surface area contributed by atoms with Crippen LogP contribution < -0.4 is 5.32 Å². The van der Waals surface area contributed by atoms with Gasteiger partial charge in [-0.3, -0.25) is 4.79 Å². The normalized spacial score (nSPS) is 44.6. The highest BCUT2D eigenvalue weighted by Gasteiger charge is 2.67. The number of hydrogen-bond donors (Lipinski definition) is 1. The second kappa shape index (κ2) is 3.23.